The number of rotatable bonds is 15. The standard InChI is InChI=1S/C46H62N10O5/c1-7-56(8-2)37-23-21-36(22-24-37)49-43(58)39-25-29(3)38(28-47-39)32-13-9-30(10-14-32)26-40(44(59)50-35-19-17-33(18-20-35)41-52-54-55-53-41)51-42(57)34-15-11-31(12-16-34)27-48-45(60)61-46(4,5)6/h9-10,13-14,17-20,25,28,31,34,36-37,40H,7-8,11-12,15-16,21-24,26-27H2,1-6H3,(H,48,60)(H,49,58)(H,50,59)(H,51,57)(H,52,53,54,55). The molecular weight excluding hydrogens is 773 g/mol. The maximum atomic E-state index is 13.9. The van der Waals surface area contributed by atoms with Gasteiger partial charge in [-0.15, -0.1) is 10.2 Å². The van der Waals surface area contributed by atoms with Gasteiger partial charge in [0.1, 0.15) is 17.3 Å². The summed E-state index contributed by atoms with van der Waals surface area (Å²) in [4.78, 5) is 60.1. The molecule has 1 atom stereocenters. The van der Waals surface area contributed by atoms with Gasteiger partial charge < -0.3 is 30.9 Å². The molecule has 0 aliphatic heterocycles. The van der Waals surface area contributed by atoms with Crippen LogP contribution in [0.3, 0.4) is 0 Å². The number of anilines is 1. The van der Waals surface area contributed by atoms with E-state index >= 15 is 0 Å². The molecule has 2 aliphatic carbocycles. The fraction of sp³-hybridized carbons (Fsp3) is 0.522. The number of nitrogens with zero attached hydrogens (tertiary/aromatic N) is 5. The van der Waals surface area contributed by atoms with Crippen LogP contribution in [-0.2, 0) is 20.7 Å². The van der Waals surface area contributed by atoms with Crippen molar-refractivity contribution >= 4 is 29.5 Å². The molecular formula is C46H62N10O5. The zero-order valence-electron chi connectivity index (χ0n) is 36.4. The summed E-state index contributed by atoms with van der Waals surface area (Å²) in [5, 5.41) is 26.2. The summed E-state index contributed by atoms with van der Waals surface area (Å²) in [6, 6.07) is 16.7. The molecule has 2 aromatic heterocycles. The number of aromatic nitrogens is 5. The Bertz CT molecular complexity index is 2060. The normalized spacial score (nSPS) is 19.7. The van der Waals surface area contributed by atoms with Crippen LogP contribution in [0.15, 0.2) is 60.8 Å². The molecule has 2 aromatic carbocycles. The van der Waals surface area contributed by atoms with Crippen molar-refractivity contribution in [2.75, 3.05) is 25.0 Å². The second kappa shape index (κ2) is 20.7. The van der Waals surface area contributed by atoms with Gasteiger partial charge >= 0.3 is 6.09 Å². The number of carbonyl (C=O) groups excluding carboxylic acids is 4. The molecule has 2 saturated carbocycles. The summed E-state index contributed by atoms with van der Waals surface area (Å²) in [5.74, 6) is -0.226. The predicted octanol–water partition coefficient (Wildman–Crippen LogP) is 6.62. The minimum absolute atomic E-state index is 0.145. The Morgan fingerprint density at radius 2 is 1.56 bits per heavy atom. The maximum absolute atomic E-state index is 13.9. The third-order valence-electron chi connectivity index (χ3n) is 11.9. The monoisotopic (exact) mass is 834 g/mol. The SMILES string of the molecule is CCN(CC)C1CCC(NC(=O)c2cc(C)c(-c3ccc(CC(NC(=O)C4CCC(CNC(=O)OC(C)(C)C)CC4)C(=O)Nc4ccc(-c5nn[nH]n5)cc4)cc3)cn2)CC1. The molecule has 15 heteroatoms. The van der Waals surface area contributed by atoms with Crippen molar-refractivity contribution in [1.29, 1.82) is 0 Å². The third-order valence-corrected chi connectivity index (χ3v) is 11.9. The van der Waals surface area contributed by atoms with E-state index in [-0.39, 0.29) is 42.0 Å². The predicted molar refractivity (Wildman–Crippen MR) is 234 cm³/mol. The number of hydrogen-bond acceptors (Lipinski definition) is 10. The van der Waals surface area contributed by atoms with Crippen LogP contribution in [-0.4, -0.2) is 97.7 Å². The van der Waals surface area contributed by atoms with Crippen LogP contribution < -0.4 is 21.3 Å². The first-order valence-electron chi connectivity index (χ1n) is 21.8. The van der Waals surface area contributed by atoms with Crippen molar-refractivity contribution in [3.8, 4) is 22.5 Å². The van der Waals surface area contributed by atoms with Gasteiger partial charge in [-0.1, -0.05) is 38.1 Å². The van der Waals surface area contributed by atoms with E-state index in [0.29, 0.717) is 42.6 Å². The Hall–Kier alpha value is -5.70. The van der Waals surface area contributed by atoms with Gasteiger partial charge in [-0.3, -0.25) is 19.4 Å². The number of aromatic amines is 1. The van der Waals surface area contributed by atoms with Gasteiger partial charge in [0.05, 0.1) is 0 Å². The highest BCUT2D eigenvalue weighted by atomic mass is 16.6. The number of nitrogens with one attached hydrogen (secondary N) is 5. The van der Waals surface area contributed by atoms with E-state index in [4.69, 9.17) is 4.74 Å². The average molecular weight is 835 g/mol. The number of carbonyl (C=O) groups is 4. The first kappa shape index (κ1) is 44.8. The van der Waals surface area contributed by atoms with E-state index in [1.807, 2.05) is 58.0 Å². The highest BCUT2D eigenvalue weighted by Gasteiger charge is 2.31. The van der Waals surface area contributed by atoms with Crippen molar-refractivity contribution in [2.24, 2.45) is 11.8 Å². The number of pyridine rings is 1. The molecule has 0 spiro atoms. The van der Waals surface area contributed by atoms with Crippen LogP contribution in [0.2, 0.25) is 0 Å². The van der Waals surface area contributed by atoms with Gasteiger partial charge in [0.2, 0.25) is 17.6 Å². The summed E-state index contributed by atoms with van der Waals surface area (Å²) in [6.07, 6.45) is 8.53. The van der Waals surface area contributed by atoms with Crippen molar-refractivity contribution in [3.05, 3.63) is 77.6 Å². The first-order valence-corrected chi connectivity index (χ1v) is 21.8. The number of hydrogen-bond donors (Lipinski definition) is 5. The summed E-state index contributed by atoms with van der Waals surface area (Å²) in [5.41, 5.74) is 4.77. The molecule has 61 heavy (non-hydrogen) atoms. The molecule has 15 nitrogen and oxygen atoms in total. The molecule has 0 radical (unpaired) electrons. The number of H-pyrrole nitrogens is 1. The summed E-state index contributed by atoms with van der Waals surface area (Å²) in [7, 11) is 0. The second-order valence-corrected chi connectivity index (χ2v) is 17.4. The van der Waals surface area contributed by atoms with Crippen LogP contribution in [0.5, 0.6) is 0 Å². The van der Waals surface area contributed by atoms with Crippen LogP contribution in [0.4, 0.5) is 10.5 Å². The van der Waals surface area contributed by atoms with Crippen molar-refractivity contribution in [3.63, 3.8) is 0 Å². The van der Waals surface area contributed by atoms with Crippen LogP contribution in [0.1, 0.15) is 108 Å². The number of ether oxygens (including phenoxy) is 1. The van der Waals surface area contributed by atoms with E-state index in [9.17, 15) is 19.2 Å². The second-order valence-electron chi connectivity index (χ2n) is 17.4. The van der Waals surface area contributed by atoms with Gasteiger partial charge in [0, 0.05) is 54.0 Å². The van der Waals surface area contributed by atoms with Crippen molar-refractivity contribution in [1.82, 2.24) is 46.5 Å². The Kier molecular flexibility index (Phi) is 15.2. The Balaban J connectivity index is 1.08. The molecule has 6 rings (SSSR count). The highest BCUT2D eigenvalue weighted by Crippen LogP contribution is 2.30. The Morgan fingerprint density at radius 3 is 2.16 bits per heavy atom. The summed E-state index contributed by atoms with van der Waals surface area (Å²) in [6.45, 7) is 14.5. The van der Waals surface area contributed by atoms with Gasteiger partial charge in [0.15, 0.2) is 0 Å². The molecule has 4 aromatic rings. The van der Waals surface area contributed by atoms with E-state index in [0.717, 1.165) is 79.4 Å². The topological polar surface area (TPSA) is 196 Å². The van der Waals surface area contributed by atoms with Gasteiger partial charge in [-0.05, 0) is 150 Å². The number of aryl methyl sites for hydroxylation is 1. The fourth-order valence-electron chi connectivity index (χ4n) is 8.51. The number of tetrazole rings is 1. The quantitative estimate of drug-likeness (QED) is 0.0869. The number of alkyl carbamates (subject to hydrolysis) is 1. The van der Waals surface area contributed by atoms with Gasteiger partial charge in [-0.2, -0.15) is 5.21 Å². The maximum Gasteiger partial charge on any atom is 0.407 e. The minimum atomic E-state index is -0.852. The van der Waals surface area contributed by atoms with Crippen LogP contribution >= 0.6 is 0 Å². The van der Waals surface area contributed by atoms with Crippen LogP contribution in [0.25, 0.3) is 22.5 Å². The molecule has 1 unspecified atom stereocenters. The van der Waals surface area contributed by atoms with Crippen LogP contribution in [0, 0.1) is 18.8 Å². The zero-order chi connectivity index (χ0) is 43.5. The smallest absolute Gasteiger partial charge is 0.407 e. The van der Waals surface area contributed by atoms with E-state index in [1.54, 1.807) is 30.5 Å². The highest BCUT2D eigenvalue weighted by molar-refractivity contribution is 5.98. The molecule has 0 saturated heterocycles. The molecule has 5 N–H and O–H groups in total. The first-order chi connectivity index (χ1) is 29.3. The molecule has 2 aliphatic rings. The van der Waals surface area contributed by atoms with Gasteiger partial charge in [-0.25, -0.2) is 4.79 Å². The summed E-state index contributed by atoms with van der Waals surface area (Å²) < 4.78 is 5.37. The molecule has 2 heterocycles. The summed E-state index contributed by atoms with van der Waals surface area (Å²) >= 11 is 0. The van der Waals surface area contributed by atoms with E-state index < -0.39 is 17.7 Å². The average Bonchev–Trinajstić information content (AvgIpc) is 3.79. The molecule has 0 bridgehead atoms. The zero-order valence-corrected chi connectivity index (χ0v) is 36.4. The molecule has 2 fully saturated rings. The van der Waals surface area contributed by atoms with E-state index in [2.05, 4.69) is 65.6 Å². The largest absolute Gasteiger partial charge is 0.444 e. The molecule has 326 valence electrons. The van der Waals surface area contributed by atoms with Crippen molar-refractivity contribution in [2.45, 2.75) is 123 Å². The lowest BCUT2D eigenvalue weighted by Gasteiger charge is -2.36. The van der Waals surface area contributed by atoms with Crippen molar-refractivity contribution < 1.29 is 23.9 Å². The Labute approximate surface area is 359 Å². The lowest BCUT2D eigenvalue weighted by atomic mass is 9.81. The fourth-order valence-corrected chi connectivity index (χ4v) is 8.51. The lowest BCUT2D eigenvalue weighted by Crippen LogP contribution is -2.48. The molecule has 4 amide bonds. The lowest BCUT2D eigenvalue weighted by molar-refractivity contribution is -0.130. The van der Waals surface area contributed by atoms with Gasteiger partial charge in [0.25, 0.3) is 5.91 Å². The Morgan fingerprint density at radius 1 is 0.885 bits per heavy atom. The third kappa shape index (κ3) is 12.7. The number of benzene rings is 2. The number of amides is 4. The van der Waals surface area contributed by atoms with E-state index in [1.165, 1.54) is 0 Å². The minimum Gasteiger partial charge on any atom is -0.444 e.